The zero-order chi connectivity index (χ0) is 13.7. The molecule has 0 saturated heterocycles. The highest BCUT2D eigenvalue weighted by Crippen LogP contribution is 2.39. The van der Waals surface area contributed by atoms with Gasteiger partial charge in [-0.25, -0.2) is 0 Å². The van der Waals surface area contributed by atoms with Gasteiger partial charge in [-0.2, -0.15) is 0 Å². The molecule has 0 radical (unpaired) electrons. The van der Waals surface area contributed by atoms with Gasteiger partial charge in [-0.05, 0) is 63.6 Å². The van der Waals surface area contributed by atoms with E-state index < -0.39 is 0 Å². The number of hydrogen-bond donors (Lipinski definition) is 0. The fourth-order valence-electron chi connectivity index (χ4n) is 3.59. The molecule has 100 valence electrons. The third-order valence-corrected chi connectivity index (χ3v) is 4.73. The Balaban J connectivity index is 2.07. The molecule has 0 spiro atoms. The minimum atomic E-state index is 0.709. The summed E-state index contributed by atoms with van der Waals surface area (Å²) in [6.07, 6.45) is 2.50. The number of fused-ring (bicyclic) bond motifs is 5. The SMILES string of the molecule is COc1ccc2c(ccc3c4c(ccc32)[C@H](C)CC4)c1. The lowest BCUT2D eigenvalue weighted by Gasteiger charge is -2.11. The summed E-state index contributed by atoms with van der Waals surface area (Å²) in [6.45, 7) is 2.34. The molecule has 1 heteroatoms. The van der Waals surface area contributed by atoms with E-state index in [9.17, 15) is 0 Å². The molecule has 4 rings (SSSR count). The van der Waals surface area contributed by atoms with Gasteiger partial charge in [0, 0.05) is 0 Å². The minimum Gasteiger partial charge on any atom is -0.497 e. The Hall–Kier alpha value is -2.02. The number of benzene rings is 3. The molecule has 0 bridgehead atoms. The lowest BCUT2D eigenvalue weighted by molar-refractivity contribution is 0.415. The van der Waals surface area contributed by atoms with Crippen LogP contribution in [-0.4, -0.2) is 7.11 Å². The van der Waals surface area contributed by atoms with Gasteiger partial charge in [-0.15, -0.1) is 0 Å². The van der Waals surface area contributed by atoms with Crippen LogP contribution in [-0.2, 0) is 6.42 Å². The van der Waals surface area contributed by atoms with Crippen LogP contribution in [0.4, 0.5) is 0 Å². The van der Waals surface area contributed by atoms with Gasteiger partial charge in [0.05, 0.1) is 7.11 Å². The monoisotopic (exact) mass is 262 g/mol. The molecular weight excluding hydrogens is 244 g/mol. The second-order valence-electron chi connectivity index (χ2n) is 5.82. The zero-order valence-electron chi connectivity index (χ0n) is 11.9. The van der Waals surface area contributed by atoms with Gasteiger partial charge in [0.1, 0.15) is 5.75 Å². The molecule has 0 aliphatic heterocycles. The molecular formula is C19H18O. The Bertz CT molecular complexity index is 817. The van der Waals surface area contributed by atoms with Gasteiger partial charge in [0.2, 0.25) is 0 Å². The summed E-state index contributed by atoms with van der Waals surface area (Å²) in [5.41, 5.74) is 3.11. The molecule has 20 heavy (non-hydrogen) atoms. The van der Waals surface area contributed by atoms with E-state index in [1.807, 2.05) is 0 Å². The molecule has 0 saturated carbocycles. The highest BCUT2D eigenvalue weighted by atomic mass is 16.5. The van der Waals surface area contributed by atoms with Crippen molar-refractivity contribution in [1.82, 2.24) is 0 Å². The summed E-state index contributed by atoms with van der Waals surface area (Å²) >= 11 is 0. The number of methoxy groups -OCH3 is 1. The first kappa shape index (κ1) is 11.8. The number of aryl methyl sites for hydroxylation is 1. The molecule has 1 aliphatic rings. The van der Waals surface area contributed by atoms with E-state index in [4.69, 9.17) is 4.74 Å². The maximum atomic E-state index is 5.32. The van der Waals surface area contributed by atoms with Crippen molar-refractivity contribution in [1.29, 1.82) is 0 Å². The van der Waals surface area contributed by atoms with Crippen LogP contribution in [0.15, 0.2) is 42.5 Å². The first-order valence-electron chi connectivity index (χ1n) is 7.30. The summed E-state index contributed by atoms with van der Waals surface area (Å²) in [7, 11) is 1.72. The van der Waals surface area contributed by atoms with Crippen LogP contribution in [0.1, 0.15) is 30.4 Å². The highest BCUT2D eigenvalue weighted by molar-refractivity contribution is 6.09. The zero-order valence-corrected chi connectivity index (χ0v) is 11.9. The average molecular weight is 262 g/mol. The molecule has 0 amide bonds. The molecule has 1 aliphatic carbocycles. The summed E-state index contributed by atoms with van der Waals surface area (Å²) in [5, 5.41) is 5.39. The Kier molecular flexibility index (Phi) is 2.50. The van der Waals surface area contributed by atoms with Crippen molar-refractivity contribution in [3.63, 3.8) is 0 Å². The van der Waals surface area contributed by atoms with Gasteiger partial charge in [-0.1, -0.05) is 37.3 Å². The average Bonchev–Trinajstić information content (AvgIpc) is 2.88. The van der Waals surface area contributed by atoms with Gasteiger partial charge in [-0.3, -0.25) is 0 Å². The van der Waals surface area contributed by atoms with E-state index in [0.717, 1.165) is 5.75 Å². The molecule has 0 heterocycles. The molecule has 0 unspecified atom stereocenters. The van der Waals surface area contributed by atoms with Gasteiger partial charge < -0.3 is 4.74 Å². The van der Waals surface area contributed by atoms with E-state index in [-0.39, 0.29) is 0 Å². The van der Waals surface area contributed by atoms with E-state index in [1.165, 1.54) is 34.4 Å². The largest absolute Gasteiger partial charge is 0.497 e. The van der Waals surface area contributed by atoms with Crippen molar-refractivity contribution < 1.29 is 4.74 Å². The quantitative estimate of drug-likeness (QED) is 0.557. The van der Waals surface area contributed by atoms with E-state index in [1.54, 1.807) is 18.2 Å². The maximum Gasteiger partial charge on any atom is 0.119 e. The summed E-state index contributed by atoms with van der Waals surface area (Å²) in [5.74, 6) is 1.63. The molecule has 0 fully saturated rings. The fourth-order valence-corrected chi connectivity index (χ4v) is 3.59. The molecule has 0 aromatic heterocycles. The number of ether oxygens (including phenoxy) is 1. The van der Waals surface area contributed by atoms with Crippen molar-refractivity contribution in [2.75, 3.05) is 7.11 Å². The first-order chi connectivity index (χ1) is 9.78. The van der Waals surface area contributed by atoms with Gasteiger partial charge in [0.25, 0.3) is 0 Å². The second kappa shape index (κ2) is 4.24. The predicted octanol–water partition coefficient (Wildman–Crippen LogP) is 5.05. The smallest absolute Gasteiger partial charge is 0.119 e. The van der Waals surface area contributed by atoms with Crippen molar-refractivity contribution in [3.8, 4) is 5.75 Å². The lowest BCUT2D eigenvalue weighted by atomic mass is 9.94. The Morgan fingerprint density at radius 2 is 1.75 bits per heavy atom. The normalized spacial score (nSPS) is 17.6. The van der Waals surface area contributed by atoms with Crippen LogP contribution in [0, 0.1) is 0 Å². The van der Waals surface area contributed by atoms with Crippen LogP contribution in [0.5, 0.6) is 5.75 Å². The molecule has 1 atom stereocenters. The van der Waals surface area contributed by atoms with E-state index in [2.05, 4.69) is 49.4 Å². The Morgan fingerprint density at radius 3 is 2.60 bits per heavy atom. The van der Waals surface area contributed by atoms with Gasteiger partial charge in [0.15, 0.2) is 0 Å². The Labute approximate surface area is 119 Å². The predicted molar refractivity (Wildman–Crippen MR) is 84.7 cm³/mol. The van der Waals surface area contributed by atoms with Crippen LogP contribution in [0.25, 0.3) is 21.5 Å². The summed E-state index contributed by atoms with van der Waals surface area (Å²) in [4.78, 5) is 0. The second-order valence-corrected chi connectivity index (χ2v) is 5.82. The molecule has 3 aromatic carbocycles. The van der Waals surface area contributed by atoms with Crippen molar-refractivity contribution >= 4 is 21.5 Å². The number of rotatable bonds is 1. The molecule has 3 aromatic rings. The van der Waals surface area contributed by atoms with Crippen molar-refractivity contribution in [2.45, 2.75) is 25.7 Å². The Morgan fingerprint density at radius 1 is 0.950 bits per heavy atom. The van der Waals surface area contributed by atoms with Crippen LogP contribution >= 0.6 is 0 Å². The van der Waals surface area contributed by atoms with Crippen LogP contribution in [0.2, 0.25) is 0 Å². The fraction of sp³-hybridized carbons (Fsp3) is 0.263. The van der Waals surface area contributed by atoms with E-state index in [0.29, 0.717) is 5.92 Å². The molecule has 0 N–H and O–H groups in total. The molecule has 1 nitrogen and oxygen atoms in total. The van der Waals surface area contributed by atoms with Gasteiger partial charge >= 0.3 is 0 Å². The first-order valence-corrected chi connectivity index (χ1v) is 7.30. The summed E-state index contributed by atoms with van der Waals surface area (Å²) in [6, 6.07) is 15.5. The standard InChI is InChI=1S/C19H18O/c1-12-3-6-17-15(12)9-10-18-16-8-5-14(20-2)11-13(16)4-7-19(17)18/h4-5,7-12H,3,6H2,1-2H3/t12-/m1/s1. The maximum absolute atomic E-state index is 5.32. The lowest BCUT2D eigenvalue weighted by Crippen LogP contribution is -1.89. The summed E-state index contributed by atoms with van der Waals surface area (Å²) < 4.78 is 5.32. The highest BCUT2D eigenvalue weighted by Gasteiger charge is 2.20. The third-order valence-electron chi connectivity index (χ3n) is 4.73. The third kappa shape index (κ3) is 1.56. The van der Waals surface area contributed by atoms with Crippen molar-refractivity contribution in [2.24, 2.45) is 0 Å². The van der Waals surface area contributed by atoms with E-state index >= 15 is 0 Å². The van der Waals surface area contributed by atoms with Crippen molar-refractivity contribution in [3.05, 3.63) is 53.6 Å². The van der Waals surface area contributed by atoms with Crippen LogP contribution < -0.4 is 4.74 Å². The minimum absolute atomic E-state index is 0.709. The number of hydrogen-bond acceptors (Lipinski definition) is 1. The topological polar surface area (TPSA) is 9.23 Å². The van der Waals surface area contributed by atoms with Crippen LogP contribution in [0.3, 0.4) is 0 Å².